The summed E-state index contributed by atoms with van der Waals surface area (Å²) in [5, 5.41) is 0. The Morgan fingerprint density at radius 2 is 1.93 bits per heavy atom. The van der Waals surface area contributed by atoms with Crippen molar-refractivity contribution in [3.05, 3.63) is 56.0 Å². The normalized spacial score (nSPS) is 11.3. The van der Waals surface area contributed by atoms with Crippen LogP contribution in [0.2, 0.25) is 0 Å². The van der Waals surface area contributed by atoms with Gasteiger partial charge in [0, 0.05) is 33.8 Å². The smallest absolute Gasteiger partial charge is 0.316 e. The molecule has 10 nitrogen and oxygen atoms in total. The SMILES string of the molecule is CCCCn1c(=O)c(=O)[nH]c2cc(Br)c(-n3ccnc3)cc21.O=S(=O)([O-])[O-]. The van der Waals surface area contributed by atoms with Gasteiger partial charge in [-0.05, 0) is 34.5 Å². The minimum atomic E-state index is -5.17. The Balaban J connectivity index is 0.000000465. The second-order valence-corrected chi connectivity index (χ2v) is 7.13. The van der Waals surface area contributed by atoms with Crippen LogP contribution in [0.3, 0.4) is 0 Å². The number of H-pyrrole nitrogens is 1. The van der Waals surface area contributed by atoms with E-state index in [0.717, 1.165) is 23.0 Å². The summed E-state index contributed by atoms with van der Waals surface area (Å²) < 4.78 is 38.3. The molecule has 146 valence electrons. The second kappa shape index (κ2) is 8.61. The molecule has 0 aliphatic rings. The molecule has 27 heavy (non-hydrogen) atoms. The number of aryl methyl sites for hydroxylation is 1. The molecule has 2 heterocycles. The topological polar surface area (TPSA) is 153 Å². The lowest BCUT2D eigenvalue weighted by Crippen LogP contribution is -2.36. The highest BCUT2D eigenvalue weighted by Gasteiger charge is 2.11. The molecule has 0 amide bonds. The molecule has 2 aromatic heterocycles. The molecule has 3 aromatic rings. The van der Waals surface area contributed by atoms with Gasteiger partial charge in [0.1, 0.15) is 0 Å². The number of imidazole rings is 1. The largest absolute Gasteiger partial charge is 0.759 e. The number of nitrogens with one attached hydrogen (secondary N) is 1. The number of nitrogens with zero attached hydrogens (tertiary/aromatic N) is 3. The molecule has 0 atom stereocenters. The van der Waals surface area contributed by atoms with Crippen LogP contribution in [0.1, 0.15) is 19.8 Å². The van der Waals surface area contributed by atoms with Gasteiger partial charge in [0.25, 0.3) is 0 Å². The fraction of sp³-hybridized carbons (Fsp3) is 0.267. The minimum absolute atomic E-state index is 0.514. The highest BCUT2D eigenvalue weighted by atomic mass is 79.9. The number of fused-ring (bicyclic) bond motifs is 1. The van der Waals surface area contributed by atoms with E-state index in [9.17, 15) is 9.59 Å². The van der Waals surface area contributed by atoms with Crippen molar-refractivity contribution in [2.45, 2.75) is 26.3 Å². The number of hydrogen-bond donors (Lipinski definition) is 1. The van der Waals surface area contributed by atoms with Crippen molar-refractivity contribution in [3.8, 4) is 5.69 Å². The van der Waals surface area contributed by atoms with Gasteiger partial charge in [0.15, 0.2) is 0 Å². The van der Waals surface area contributed by atoms with Crippen LogP contribution in [0, 0.1) is 0 Å². The fourth-order valence-electron chi connectivity index (χ4n) is 2.42. The van der Waals surface area contributed by atoms with Gasteiger partial charge >= 0.3 is 11.1 Å². The summed E-state index contributed by atoms with van der Waals surface area (Å²) in [4.78, 5) is 30.7. The van der Waals surface area contributed by atoms with Gasteiger partial charge in [0.2, 0.25) is 0 Å². The average Bonchev–Trinajstić information content (AvgIpc) is 3.08. The quantitative estimate of drug-likeness (QED) is 0.348. The van der Waals surface area contributed by atoms with E-state index in [0.29, 0.717) is 17.6 Å². The third-order valence-corrected chi connectivity index (χ3v) is 4.20. The zero-order valence-electron chi connectivity index (χ0n) is 14.1. The van der Waals surface area contributed by atoms with Crippen LogP contribution in [0.15, 0.2) is 44.9 Å². The lowest BCUT2D eigenvalue weighted by molar-refractivity contribution is 0.352. The average molecular weight is 459 g/mol. The Kier molecular flexibility index (Phi) is 6.70. The summed E-state index contributed by atoms with van der Waals surface area (Å²) in [6.07, 6.45) is 6.99. The van der Waals surface area contributed by atoms with E-state index in [2.05, 4.69) is 25.9 Å². The van der Waals surface area contributed by atoms with E-state index < -0.39 is 21.5 Å². The molecule has 0 saturated heterocycles. The molecule has 0 fully saturated rings. The molecule has 3 rings (SSSR count). The molecule has 0 unspecified atom stereocenters. The molecule has 0 spiro atoms. The van der Waals surface area contributed by atoms with Gasteiger partial charge in [-0.25, -0.2) is 4.98 Å². The predicted octanol–water partition coefficient (Wildman–Crippen LogP) is 1.10. The second-order valence-electron chi connectivity index (χ2n) is 5.46. The fourth-order valence-corrected chi connectivity index (χ4v) is 2.97. The van der Waals surface area contributed by atoms with Crippen molar-refractivity contribution in [1.29, 1.82) is 0 Å². The monoisotopic (exact) mass is 458 g/mol. The summed E-state index contributed by atoms with van der Waals surface area (Å²) >= 11 is 3.50. The Bertz CT molecular complexity index is 1140. The van der Waals surface area contributed by atoms with E-state index >= 15 is 0 Å². The zero-order chi connectivity index (χ0) is 20.2. The van der Waals surface area contributed by atoms with Gasteiger partial charge in [-0.15, -0.1) is 0 Å². The van der Waals surface area contributed by atoms with Crippen LogP contribution in [-0.4, -0.2) is 36.6 Å². The number of rotatable bonds is 4. The number of halogens is 1. The molecule has 1 aromatic carbocycles. The van der Waals surface area contributed by atoms with Crippen molar-refractivity contribution in [2.24, 2.45) is 0 Å². The van der Waals surface area contributed by atoms with E-state index in [1.807, 2.05) is 29.8 Å². The lowest BCUT2D eigenvalue weighted by atomic mass is 10.2. The highest BCUT2D eigenvalue weighted by Crippen LogP contribution is 2.25. The zero-order valence-corrected chi connectivity index (χ0v) is 16.5. The van der Waals surface area contributed by atoms with E-state index in [1.165, 1.54) is 0 Å². The Morgan fingerprint density at radius 3 is 2.48 bits per heavy atom. The van der Waals surface area contributed by atoms with Gasteiger partial charge in [-0.3, -0.25) is 18.0 Å². The van der Waals surface area contributed by atoms with Gasteiger partial charge in [-0.1, -0.05) is 13.3 Å². The van der Waals surface area contributed by atoms with Crippen LogP contribution in [0.25, 0.3) is 16.7 Å². The predicted molar refractivity (Wildman–Crippen MR) is 99.0 cm³/mol. The van der Waals surface area contributed by atoms with Crippen LogP contribution < -0.4 is 11.1 Å². The molecule has 0 aliphatic heterocycles. The third kappa shape index (κ3) is 5.60. The summed E-state index contributed by atoms with van der Waals surface area (Å²) in [7, 11) is -5.17. The van der Waals surface area contributed by atoms with Crippen molar-refractivity contribution >= 4 is 37.4 Å². The first-order chi connectivity index (χ1) is 12.6. The highest BCUT2D eigenvalue weighted by molar-refractivity contribution is 9.10. The maximum atomic E-state index is 12.2. The maximum absolute atomic E-state index is 12.2. The molecule has 0 bridgehead atoms. The molecule has 0 aliphatic carbocycles. The number of unbranched alkanes of at least 4 members (excludes halogenated alkanes) is 1. The number of aromatic nitrogens is 4. The van der Waals surface area contributed by atoms with Crippen LogP contribution in [-0.2, 0) is 16.9 Å². The molecule has 1 N–H and O–H groups in total. The Labute approximate surface area is 162 Å². The van der Waals surface area contributed by atoms with E-state index in [-0.39, 0.29) is 0 Å². The molecule has 12 heteroatoms. The summed E-state index contributed by atoms with van der Waals surface area (Å²) in [6, 6.07) is 3.70. The number of benzene rings is 1. The summed E-state index contributed by atoms with van der Waals surface area (Å²) in [5.41, 5.74) is 1.11. The Morgan fingerprint density at radius 1 is 1.26 bits per heavy atom. The standard InChI is InChI=1S/C15H15BrN4O2.H2O4S/c1-2-3-5-20-13-8-12(19-6-4-17-9-19)10(16)7-11(13)18-14(21)15(20)22;1-5(2,3)4/h4,6-9H,2-3,5H2,1H3,(H,18,21);(H2,1,2,3,4)/p-2. The van der Waals surface area contributed by atoms with Gasteiger partial charge in [-0.2, -0.15) is 0 Å². The van der Waals surface area contributed by atoms with Crippen molar-refractivity contribution in [1.82, 2.24) is 19.1 Å². The number of aromatic amines is 1. The molecular weight excluding hydrogens is 444 g/mol. The summed E-state index contributed by atoms with van der Waals surface area (Å²) in [6.45, 7) is 2.58. The summed E-state index contributed by atoms with van der Waals surface area (Å²) in [5.74, 6) is 0. The first kappa shape index (κ1) is 21.0. The van der Waals surface area contributed by atoms with Crippen molar-refractivity contribution in [3.63, 3.8) is 0 Å². The van der Waals surface area contributed by atoms with Crippen molar-refractivity contribution in [2.75, 3.05) is 0 Å². The lowest BCUT2D eigenvalue weighted by Gasteiger charge is -2.12. The first-order valence-corrected chi connectivity index (χ1v) is 9.86. The van der Waals surface area contributed by atoms with E-state index in [4.69, 9.17) is 17.5 Å². The number of hydrogen-bond acceptors (Lipinski definition) is 7. The van der Waals surface area contributed by atoms with E-state index in [1.54, 1.807) is 17.1 Å². The van der Waals surface area contributed by atoms with Gasteiger partial charge < -0.3 is 23.2 Å². The third-order valence-electron chi connectivity index (χ3n) is 3.56. The molecule has 0 radical (unpaired) electrons. The van der Waals surface area contributed by atoms with Crippen LogP contribution in [0.5, 0.6) is 0 Å². The molecule has 0 saturated carbocycles. The first-order valence-electron chi connectivity index (χ1n) is 7.73. The van der Waals surface area contributed by atoms with Crippen LogP contribution >= 0.6 is 15.9 Å². The minimum Gasteiger partial charge on any atom is -0.759 e. The maximum Gasteiger partial charge on any atom is 0.316 e. The van der Waals surface area contributed by atoms with Gasteiger partial charge in [0.05, 0.1) is 23.0 Å². The van der Waals surface area contributed by atoms with Crippen molar-refractivity contribution < 1.29 is 17.5 Å². The van der Waals surface area contributed by atoms with Crippen LogP contribution in [0.4, 0.5) is 0 Å². The molecular formula is C15H15BrN4O6S-2. The Hall–Kier alpha value is -2.28.